The lowest BCUT2D eigenvalue weighted by Gasteiger charge is -2.16. The van der Waals surface area contributed by atoms with E-state index in [1.54, 1.807) is 27.9 Å². The number of carbonyl (C=O) groups excluding carboxylic acids is 1. The molecular formula is C20H20N4O3S. The minimum absolute atomic E-state index is 0.0731. The Balaban J connectivity index is 1.50. The zero-order valence-corrected chi connectivity index (χ0v) is 16.0. The molecule has 0 aliphatic carbocycles. The number of amides is 1. The van der Waals surface area contributed by atoms with Gasteiger partial charge in [0.15, 0.2) is 0 Å². The van der Waals surface area contributed by atoms with Crippen LogP contribution in [-0.4, -0.2) is 30.7 Å². The lowest BCUT2D eigenvalue weighted by molar-refractivity contribution is -0.117. The highest BCUT2D eigenvalue weighted by atomic mass is 32.2. The molecule has 1 saturated heterocycles. The summed E-state index contributed by atoms with van der Waals surface area (Å²) in [5.41, 5.74) is 2.36. The molecule has 3 aromatic rings. The minimum atomic E-state index is -3.68. The molecule has 4 rings (SSSR count). The van der Waals surface area contributed by atoms with Crippen molar-refractivity contribution >= 4 is 21.6 Å². The van der Waals surface area contributed by atoms with Gasteiger partial charge in [0.2, 0.25) is 15.9 Å². The Bertz CT molecular complexity index is 1080. The Labute approximate surface area is 163 Å². The fourth-order valence-electron chi connectivity index (χ4n) is 3.28. The van der Waals surface area contributed by atoms with Gasteiger partial charge in [0, 0.05) is 37.6 Å². The summed E-state index contributed by atoms with van der Waals surface area (Å²) in [4.78, 5) is 13.7. The second-order valence-corrected chi connectivity index (χ2v) is 8.31. The first kappa shape index (κ1) is 18.4. The summed E-state index contributed by atoms with van der Waals surface area (Å²) in [5, 5.41) is 4.21. The van der Waals surface area contributed by atoms with Gasteiger partial charge in [0.05, 0.1) is 10.6 Å². The molecule has 1 amide bonds. The average molecular weight is 396 g/mol. The van der Waals surface area contributed by atoms with E-state index in [9.17, 15) is 13.2 Å². The van der Waals surface area contributed by atoms with Crippen molar-refractivity contribution in [2.45, 2.75) is 24.3 Å². The number of hydrogen-bond donors (Lipinski definition) is 1. The highest BCUT2D eigenvalue weighted by Gasteiger charge is 2.22. The first-order valence-corrected chi connectivity index (χ1v) is 10.5. The van der Waals surface area contributed by atoms with Crippen molar-refractivity contribution in [1.82, 2.24) is 14.5 Å². The number of carbonyl (C=O) groups is 1. The zero-order valence-electron chi connectivity index (χ0n) is 15.2. The van der Waals surface area contributed by atoms with Gasteiger partial charge in [-0.25, -0.2) is 17.8 Å². The van der Waals surface area contributed by atoms with Crippen LogP contribution in [0.25, 0.3) is 5.69 Å². The van der Waals surface area contributed by atoms with Gasteiger partial charge in [-0.2, -0.15) is 5.10 Å². The van der Waals surface area contributed by atoms with Crippen molar-refractivity contribution in [2.24, 2.45) is 0 Å². The van der Waals surface area contributed by atoms with Gasteiger partial charge < -0.3 is 4.90 Å². The third kappa shape index (κ3) is 3.69. The quantitative estimate of drug-likeness (QED) is 0.694. The summed E-state index contributed by atoms with van der Waals surface area (Å²) in [7, 11) is -3.68. The Kier molecular flexibility index (Phi) is 4.97. The molecule has 0 spiro atoms. The molecule has 0 radical (unpaired) electrons. The topological polar surface area (TPSA) is 84.3 Å². The Hall–Kier alpha value is -2.97. The highest BCUT2D eigenvalue weighted by Crippen LogP contribution is 2.23. The Morgan fingerprint density at radius 1 is 1.04 bits per heavy atom. The zero-order chi connectivity index (χ0) is 19.6. The maximum Gasteiger partial charge on any atom is 0.240 e. The van der Waals surface area contributed by atoms with E-state index < -0.39 is 10.0 Å². The second kappa shape index (κ2) is 7.57. The maximum absolute atomic E-state index is 12.7. The number of aromatic nitrogens is 2. The van der Waals surface area contributed by atoms with Crippen LogP contribution >= 0.6 is 0 Å². The van der Waals surface area contributed by atoms with Crippen LogP contribution in [0.1, 0.15) is 18.4 Å². The first-order valence-electron chi connectivity index (χ1n) is 9.03. The molecule has 1 aliphatic heterocycles. The van der Waals surface area contributed by atoms with Gasteiger partial charge in [-0.3, -0.25) is 4.79 Å². The summed E-state index contributed by atoms with van der Waals surface area (Å²) in [5.74, 6) is 0.0731. The smallest absolute Gasteiger partial charge is 0.240 e. The van der Waals surface area contributed by atoms with E-state index in [-0.39, 0.29) is 17.3 Å². The van der Waals surface area contributed by atoms with Crippen molar-refractivity contribution in [3.05, 3.63) is 72.6 Å². The third-order valence-electron chi connectivity index (χ3n) is 4.73. The molecule has 0 bridgehead atoms. The monoisotopic (exact) mass is 396 g/mol. The second-order valence-electron chi connectivity index (χ2n) is 6.55. The molecule has 1 aliphatic rings. The van der Waals surface area contributed by atoms with E-state index in [4.69, 9.17) is 0 Å². The van der Waals surface area contributed by atoms with Crippen LogP contribution in [0.2, 0.25) is 0 Å². The molecule has 8 heteroatoms. The molecule has 144 valence electrons. The first-order chi connectivity index (χ1) is 13.5. The van der Waals surface area contributed by atoms with E-state index in [2.05, 4.69) is 9.82 Å². The fourth-order valence-corrected chi connectivity index (χ4v) is 4.28. The lowest BCUT2D eigenvalue weighted by atomic mass is 10.2. The molecule has 2 heterocycles. The van der Waals surface area contributed by atoms with Gasteiger partial charge in [0.25, 0.3) is 0 Å². The van der Waals surface area contributed by atoms with Crippen LogP contribution in [0.15, 0.2) is 71.9 Å². The molecule has 0 atom stereocenters. The van der Waals surface area contributed by atoms with Crippen LogP contribution in [0.4, 0.5) is 5.69 Å². The molecule has 1 aromatic heterocycles. The third-order valence-corrected chi connectivity index (χ3v) is 6.14. The summed E-state index contributed by atoms with van der Waals surface area (Å²) in [6, 6.07) is 15.7. The number of hydrogen-bond acceptors (Lipinski definition) is 4. The van der Waals surface area contributed by atoms with E-state index in [1.165, 1.54) is 12.1 Å². The molecule has 1 N–H and O–H groups in total. The van der Waals surface area contributed by atoms with E-state index >= 15 is 0 Å². The number of nitrogens with one attached hydrogen (secondary N) is 1. The Morgan fingerprint density at radius 3 is 2.50 bits per heavy atom. The van der Waals surface area contributed by atoms with E-state index in [0.717, 1.165) is 23.4 Å². The summed E-state index contributed by atoms with van der Waals surface area (Å²) in [6.45, 7) is 0.818. The lowest BCUT2D eigenvalue weighted by Crippen LogP contribution is -2.25. The van der Waals surface area contributed by atoms with Crippen molar-refractivity contribution < 1.29 is 13.2 Å². The van der Waals surface area contributed by atoms with Gasteiger partial charge in [0.1, 0.15) is 0 Å². The van der Waals surface area contributed by atoms with Gasteiger partial charge >= 0.3 is 0 Å². The number of para-hydroxylation sites is 1. The molecule has 2 aromatic carbocycles. The molecule has 0 unspecified atom stereocenters. The number of sulfonamides is 1. The predicted octanol–water partition coefficient (Wildman–Crippen LogP) is 2.48. The molecular weight excluding hydrogens is 376 g/mol. The fraction of sp³-hybridized carbons (Fsp3) is 0.200. The molecule has 7 nitrogen and oxygen atoms in total. The average Bonchev–Trinajstić information content (AvgIpc) is 3.39. The van der Waals surface area contributed by atoms with Crippen LogP contribution in [-0.2, 0) is 21.4 Å². The van der Waals surface area contributed by atoms with Crippen molar-refractivity contribution in [2.75, 3.05) is 11.4 Å². The molecule has 0 saturated carbocycles. The van der Waals surface area contributed by atoms with Crippen molar-refractivity contribution in [3.63, 3.8) is 0 Å². The van der Waals surface area contributed by atoms with Gasteiger partial charge in [-0.1, -0.05) is 18.2 Å². The van der Waals surface area contributed by atoms with E-state index in [0.29, 0.717) is 13.0 Å². The summed E-state index contributed by atoms with van der Waals surface area (Å²) < 4.78 is 29.7. The molecule has 28 heavy (non-hydrogen) atoms. The van der Waals surface area contributed by atoms with Crippen LogP contribution in [0.3, 0.4) is 0 Å². The normalized spacial score (nSPS) is 14.6. The summed E-state index contributed by atoms with van der Waals surface area (Å²) >= 11 is 0. The standard InChI is InChI=1S/C20H20N4O3S/c25-20-7-3-13-23(20)17-8-10-18(11-9-17)28(26,27)22-15-16-5-1-2-6-19(16)24-14-4-12-21-24/h1-2,4-6,8-12,14,22H,3,7,13,15H2. The SMILES string of the molecule is O=C1CCCN1c1ccc(S(=O)(=O)NCc2ccccc2-n2cccn2)cc1. The van der Waals surface area contributed by atoms with Crippen LogP contribution in [0, 0.1) is 0 Å². The van der Waals surface area contributed by atoms with Crippen LogP contribution in [0.5, 0.6) is 0 Å². The van der Waals surface area contributed by atoms with Gasteiger partial charge in [-0.15, -0.1) is 0 Å². The van der Waals surface area contributed by atoms with Gasteiger partial charge in [-0.05, 0) is 48.4 Å². The minimum Gasteiger partial charge on any atom is -0.312 e. The summed E-state index contributed by atoms with van der Waals surface area (Å²) in [6.07, 6.45) is 4.85. The maximum atomic E-state index is 12.7. The van der Waals surface area contributed by atoms with Crippen LogP contribution < -0.4 is 9.62 Å². The number of anilines is 1. The van der Waals surface area contributed by atoms with Crippen molar-refractivity contribution in [1.29, 1.82) is 0 Å². The molecule has 1 fully saturated rings. The largest absolute Gasteiger partial charge is 0.312 e. The van der Waals surface area contributed by atoms with Crippen molar-refractivity contribution in [3.8, 4) is 5.69 Å². The highest BCUT2D eigenvalue weighted by molar-refractivity contribution is 7.89. The van der Waals surface area contributed by atoms with E-state index in [1.807, 2.05) is 36.5 Å². The number of nitrogens with zero attached hydrogens (tertiary/aromatic N) is 3. The Morgan fingerprint density at radius 2 is 1.82 bits per heavy atom. The number of rotatable bonds is 6. The predicted molar refractivity (Wildman–Crippen MR) is 106 cm³/mol. The number of benzene rings is 2.